The molecule has 0 radical (unpaired) electrons. The van der Waals surface area contributed by atoms with Gasteiger partial charge < -0.3 is 9.47 Å². The van der Waals surface area contributed by atoms with Crippen molar-refractivity contribution in [1.82, 2.24) is 9.47 Å². The Balaban J connectivity index is 1.20. The smallest absolute Gasteiger partial charge is 0.267 e. The molecule has 6 nitrogen and oxygen atoms in total. The highest BCUT2D eigenvalue weighted by Crippen LogP contribution is 2.36. The monoisotopic (exact) mass is 596 g/mol. The van der Waals surface area contributed by atoms with Gasteiger partial charge in [-0.3, -0.25) is 19.5 Å². The molecule has 0 aliphatic carbocycles. The summed E-state index contributed by atoms with van der Waals surface area (Å²) in [5.41, 5.74) is 6.24. The fourth-order valence-electron chi connectivity index (χ4n) is 5.96. The van der Waals surface area contributed by atoms with E-state index in [-0.39, 0.29) is 18.4 Å². The van der Waals surface area contributed by atoms with Gasteiger partial charge in [-0.2, -0.15) is 0 Å². The maximum absolute atomic E-state index is 13.9. The van der Waals surface area contributed by atoms with E-state index < -0.39 is 0 Å². The SMILES string of the molecule is O=C1/C(=C/c2cn(CC(=O)N3CCCc4ccccc43)c3ccccc23)SC(=NCc2ccccc2)N1Cc1ccccc1. The summed E-state index contributed by atoms with van der Waals surface area (Å²) in [6, 6.07) is 36.3. The lowest BCUT2D eigenvalue weighted by Crippen LogP contribution is -2.37. The van der Waals surface area contributed by atoms with E-state index >= 15 is 0 Å². The average Bonchev–Trinajstić information content (AvgIpc) is 3.56. The third kappa shape index (κ3) is 5.71. The van der Waals surface area contributed by atoms with Crippen LogP contribution >= 0.6 is 11.8 Å². The van der Waals surface area contributed by atoms with E-state index in [4.69, 9.17) is 4.99 Å². The zero-order valence-corrected chi connectivity index (χ0v) is 25.1. The Hall–Kier alpha value is -4.88. The first-order valence-electron chi connectivity index (χ1n) is 14.9. The van der Waals surface area contributed by atoms with Gasteiger partial charge in [-0.15, -0.1) is 0 Å². The van der Waals surface area contributed by atoms with Gasteiger partial charge in [-0.05, 0) is 59.5 Å². The zero-order chi connectivity index (χ0) is 29.9. The third-order valence-electron chi connectivity index (χ3n) is 8.13. The molecule has 0 spiro atoms. The normalized spacial score (nSPS) is 16.7. The molecule has 2 aliphatic rings. The summed E-state index contributed by atoms with van der Waals surface area (Å²) in [5.74, 6) is -0.00344. The van der Waals surface area contributed by atoms with Gasteiger partial charge in [0.25, 0.3) is 5.91 Å². The van der Waals surface area contributed by atoms with E-state index in [9.17, 15) is 9.59 Å². The molecule has 1 aromatic heterocycles. The summed E-state index contributed by atoms with van der Waals surface area (Å²) in [6.07, 6.45) is 5.91. The van der Waals surface area contributed by atoms with Gasteiger partial charge in [-0.25, -0.2) is 0 Å². The molecule has 4 aromatic carbocycles. The molecule has 0 atom stereocenters. The Labute approximate surface area is 261 Å². The second-order valence-corrected chi connectivity index (χ2v) is 12.1. The summed E-state index contributed by atoms with van der Waals surface area (Å²) in [5, 5.41) is 1.70. The molecular formula is C37H32N4O2S. The van der Waals surface area contributed by atoms with Crippen LogP contribution in [0.5, 0.6) is 0 Å². The maximum atomic E-state index is 13.9. The Morgan fingerprint density at radius 1 is 0.841 bits per heavy atom. The molecule has 1 saturated heterocycles. The molecule has 2 amide bonds. The van der Waals surface area contributed by atoms with Gasteiger partial charge in [0.15, 0.2) is 5.17 Å². The molecule has 44 heavy (non-hydrogen) atoms. The summed E-state index contributed by atoms with van der Waals surface area (Å²) < 4.78 is 2.01. The van der Waals surface area contributed by atoms with E-state index in [2.05, 4.69) is 12.1 Å². The molecule has 2 aliphatic heterocycles. The predicted molar refractivity (Wildman–Crippen MR) is 179 cm³/mol. The Morgan fingerprint density at radius 3 is 2.36 bits per heavy atom. The number of benzene rings is 4. The fraction of sp³-hybridized carbons (Fsp3) is 0.162. The van der Waals surface area contributed by atoms with Crippen molar-refractivity contribution < 1.29 is 9.59 Å². The topological polar surface area (TPSA) is 57.9 Å². The highest BCUT2D eigenvalue weighted by atomic mass is 32.2. The van der Waals surface area contributed by atoms with E-state index in [1.165, 1.54) is 17.3 Å². The number of nitrogens with zero attached hydrogens (tertiary/aromatic N) is 4. The molecular weight excluding hydrogens is 565 g/mol. The Bertz CT molecular complexity index is 1900. The van der Waals surface area contributed by atoms with Crippen LogP contribution in [0.2, 0.25) is 0 Å². The summed E-state index contributed by atoms with van der Waals surface area (Å²) >= 11 is 1.41. The molecule has 218 valence electrons. The molecule has 0 N–H and O–H groups in total. The highest BCUT2D eigenvalue weighted by molar-refractivity contribution is 8.18. The molecule has 1 fully saturated rings. The third-order valence-corrected chi connectivity index (χ3v) is 9.18. The number of hydrogen-bond acceptors (Lipinski definition) is 4. The minimum Gasteiger partial charge on any atom is -0.337 e. The van der Waals surface area contributed by atoms with Crippen LogP contribution in [-0.2, 0) is 35.6 Å². The standard InChI is InChI=1S/C37H32N4O2S/c42-35(40-21-11-17-29-16-7-9-19-32(29)40)26-39-25-30(31-18-8-10-20-33(31)39)22-34-36(43)41(24-28-14-5-2-6-15-28)37(44-34)38-23-27-12-3-1-4-13-27/h1-10,12-16,18-20,22,25H,11,17,21,23-24,26H2/b34-22-,38-37?. The fourth-order valence-corrected chi connectivity index (χ4v) is 6.93. The summed E-state index contributed by atoms with van der Waals surface area (Å²) in [4.78, 5) is 36.7. The van der Waals surface area contributed by atoms with Crippen LogP contribution in [0.25, 0.3) is 17.0 Å². The quantitative estimate of drug-likeness (QED) is 0.185. The van der Waals surface area contributed by atoms with Crippen molar-refractivity contribution in [2.45, 2.75) is 32.5 Å². The Morgan fingerprint density at radius 2 is 1.55 bits per heavy atom. The van der Waals surface area contributed by atoms with E-state index in [0.717, 1.165) is 52.7 Å². The summed E-state index contributed by atoms with van der Waals surface area (Å²) in [7, 11) is 0. The minimum absolute atomic E-state index is 0.0628. The van der Waals surface area contributed by atoms with Crippen molar-refractivity contribution in [3.63, 3.8) is 0 Å². The number of carbonyl (C=O) groups is 2. The number of thioether (sulfide) groups is 1. The van der Waals surface area contributed by atoms with Crippen molar-refractivity contribution in [3.05, 3.63) is 143 Å². The lowest BCUT2D eigenvalue weighted by atomic mass is 10.0. The molecule has 7 rings (SSSR count). The van der Waals surface area contributed by atoms with Gasteiger partial charge in [0.1, 0.15) is 6.54 Å². The molecule has 5 aromatic rings. The van der Waals surface area contributed by atoms with Crippen LogP contribution in [0.3, 0.4) is 0 Å². The van der Waals surface area contributed by atoms with Crippen molar-refractivity contribution in [2.24, 2.45) is 4.99 Å². The second kappa shape index (κ2) is 12.4. The van der Waals surface area contributed by atoms with Crippen LogP contribution in [-0.4, -0.2) is 33.0 Å². The first kappa shape index (κ1) is 27.9. The molecule has 0 saturated carbocycles. The van der Waals surface area contributed by atoms with Gasteiger partial charge in [0, 0.05) is 34.9 Å². The van der Waals surface area contributed by atoms with Gasteiger partial charge in [0.2, 0.25) is 5.91 Å². The summed E-state index contributed by atoms with van der Waals surface area (Å²) in [6.45, 7) is 1.89. The molecule has 7 heteroatoms. The van der Waals surface area contributed by atoms with Gasteiger partial charge in [0.05, 0.1) is 18.0 Å². The number of amidine groups is 1. The number of aryl methyl sites for hydroxylation is 1. The van der Waals surface area contributed by atoms with Crippen molar-refractivity contribution in [2.75, 3.05) is 11.4 Å². The van der Waals surface area contributed by atoms with E-state index in [1.54, 1.807) is 4.90 Å². The first-order chi connectivity index (χ1) is 21.6. The van der Waals surface area contributed by atoms with Crippen molar-refractivity contribution in [3.8, 4) is 0 Å². The lowest BCUT2D eigenvalue weighted by Gasteiger charge is -2.29. The average molecular weight is 597 g/mol. The number of anilines is 1. The number of aliphatic imine (C=N–C) groups is 1. The maximum Gasteiger partial charge on any atom is 0.267 e. The predicted octanol–water partition coefficient (Wildman–Crippen LogP) is 7.29. The van der Waals surface area contributed by atoms with E-state index in [0.29, 0.717) is 23.2 Å². The lowest BCUT2D eigenvalue weighted by molar-refractivity contribution is -0.122. The Kier molecular flexibility index (Phi) is 7.86. The number of para-hydroxylation sites is 2. The number of hydrogen-bond donors (Lipinski definition) is 0. The molecule has 0 unspecified atom stereocenters. The first-order valence-corrected chi connectivity index (χ1v) is 15.8. The minimum atomic E-state index is -0.0662. The van der Waals surface area contributed by atoms with Crippen LogP contribution in [0.15, 0.2) is 125 Å². The van der Waals surface area contributed by atoms with Crippen LogP contribution < -0.4 is 4.90 Å². The van der Waals surface area contributed by atoms with Crippen LogP contribution in [0.4, 0.5) is 5.69 Å². The van der Waals surface area contributed by atoms with Crippen molar-refractivity contribution in [1.29, 1.82) is 0 Å². The van der Waals surface area contributed by atoms with Crippen LogP contribution in [0.1, 0.15) is 28.7 Å². The molecule has 3 heterocycles. The number of amides is 2. The number of fused-ring (bicyclic) bond motifs is 2. The largest absolute Gasteiger partial charge is 0.337 e. The number of aromatic nitrogens is 1. The number of carbonyl (C=O) groups excluding carboxylic acids is 2. The molecule has 0 bridgehead atoms. The van der Waals surface area contributed by atoms with Gasteiger partial charge in [-0.1, -0.05) is 97.1 Å². The second-order valence-electron chi connectivity index (χ2n) is 11.1. The van der Waals surface area contributed by atoms with Crippen LogP contribution in [0, 0.1) is 0 Å². The zero-order valence-electron chi connectivity index (χ0n) is 24.3. The van der Waals surface area contributed by atoms with Crippen molar-refractivity contribution >= 4 is 51.4 Å². The number of rotatable bonds is 7. The van der Waals surface area contributed by atoms with Gasteiger partial charge >= 0.3 is 0 Å². The highest BCUT2D eigenvalue weighted by Gasteiger charge is 2.33. The van der Waals surface area contributed by atoms with E-state index in [1.807, 2.05) is 119 Å².